The number of para-hydroxylation sites is 2. The second-order valence-electron chi connectivity index (χ2n) is 19.4. The van der Waals surface area contributed by atoms with Crippen LogP contribution in [0.2, 0.25) is 0 Å². The molecule has 4 heteroatoms. The Morgan fingerprint density at radius 3 is 1.96 bits per heavy atom. The minimum Gasteiger partial charge on any atom is -0.437 e. The lowest BCUT2D eigenvalue weighted by Gasteiger charge is -2.33. The molecule has 0 spiro atoms. The van der Waals surface area contributed by atoms with Crippen molar-refractivity contribution in [3.63, 3.8) is 0 Å². The Morgan fingerprint density at radius 2 is 1.25 bits per heavy atom. The molecule has 2 aliphatic carbocycles. The van der Waals surface area contributed by atoms with Gasteiger partial charge < -0.3 is 4.42 Å². The predicted molar refractivity (Wildman–Crippen MR) is 238 cm³/mol. The van der Waals surface area contributed by atoms with Gasteiger partial charge in [0.2, 0.25) is 5.71 Å². The molecule has 0 bridgehead atoms. The van der Waals surface area contributed by atoms with Crippen molar-refractivity contribution in [1.82, 2.24) is 14.5 Å². The molecule has 9 aromatic rings. The average Bonchev–Trinajstić information content (AvgIpc) is 3.86. The van der Waals surface area contributed by atoms with Crippen LogP contribution in [0.4, 0.5) is 0 Å². The minimum atomic E-state index is -2.40. The smallest absolute Gasteiger partial charge is 0.227 e. The zero-order valence-electron chi connectivity index (χ0n) is 37.1. The van der Waals surface area contributed by atoms with Crippen molar-refractivity contribution in [2.45, 2.75) is 96.7 Å². The van der Waals surface area contributed by atoms with Crippen molar-refractivity contribution in [2.75, 3.05) is 0 Å². The van der Waals surface area contributed by atoms with Crippen molar-refractivity contribution in [3.8, 4) is 28.2 Å². The SMILES string of the molecule is [2H]C([2H])([2H])c1ccc(-c2nc3ccccc3n2-c2c3c(c(-c4ccccc4)c4c2C(C)(C)CC4(C)C)C(C)(C)CC3(C)C)c2oc3nc4c(ccc5ccccc54)cc3c12. The molecule has 0 fully saturated rings. The third kappa shape index (κ3) is 4.67. The van der Waals surface area contributed by atoms with Crippen molar-refractivity contribution < 1.29 is 8.53 Å². The normalized spacial score (nSPS) is 18.6. The Morgan fingerprint density at radius 1 is 0.614 bits per heavy atom. The summed E-state index contributed by atoms with van der Waals surface area (Å²) in [5, 5.41) is 4.27. The number of aromatic nitrogens is 3. The van der Waals surface area contributed by atoms with Gasteiger partial charge in [0.05, 0.1) is 27.8 Å². The van der Waals surface area contributed by atoms with Gasteiger partial charge in [0.25, 0.3) is 0 Å². The van der Waals surface area contributed by atoms with E-state index in [1.165, 1.54) is 39.1 Å². The van der Waals surface area contributed by atoms with E-state index < -0.39 is 6.85 Å². The Kier molecular flexibility index (Phi) is 6.17. The summed E-state index contributed by atoms with van der Waals surface area (Å²) >= 11 is 0. The molecular formula is C53H49N3O. The highest BCUT2D eigenvalue weighted by atomic mass is 16.3. The third-order valence-corrected chi connectivity index (χ3v) is 13.3. The highest BCUT2D eigenvalue weighted by Gasteiger charge is 2.54. The van der Waals surface area contributed by atoms with E-state index in [1.54, 1.807) is 6.07 Å². The predicted octanol–water partition coefficient (Wildman–Crippen LogP) is 14.2. The zero-order chi connectivity index (χ0) is 41.9. The van der Waals surface area contributed by atoms with E-state index in [1.807, 2.05) is 24.3 Å². The highest BCUT2D eigenvalue weighted by Crippen LogP contribution is 2.64. The van der Waals surface area contributed by atoms with Gasteiger partial charge >= 0.3 is 0 Å². The van der Waals surface area contributed by atoms with E-state index in [0.29, 0.717) is 22.1 Å². The Bertz CT molecular complexity index is 3250. The maximum atomic E-state index is 8.75. The van der Waals surface area contributed by atoms with Gasteiger partial charge in [0, 0.05) is 25.7 Å². The lowest BCUT2D eigenvalue weighted by Crippen LogP contribution is -2.23. The van der Waals surface area contributed by atoms with Gasteiger partial charge in [0.15, 0.2) is 0 Å². The zero-order valence-corrected chi connectivity index (χ0v) is 34.1. The van der Waals surface area contributed by atoms with Crippen LogP contribution < -0.4 is 0 Å². The summed E-state index contributed by atoms with van der Waals surface area (Å²) < 4.78 is 35.6. The molecule has 3 aromatic heterocycles. The first-order valence-corrected chi connectivity index (χ1v) is 20.4. The van der Waals surface area contributed by atoms with E-state index >= 15 is 0 Å². The van der Waals surface area contributed by atoms with Gasteiger partial charge in [-0.2, -0.15) is 0 Å². The topological polar surface area (TPSA) is 43.9 Å². The van der Waals surface area contributed by atoms with Crippen LogP contribution in [0.5, 0.6) is 0 Å². The third-order valence-electron chi connectivity index (χ3n) is 13.3. The lowest BCUT2D eigenvalue weighted by atomic mass is 9.73. The summed E-state index contributed by atoms with van der Waals surface area (Å²) in [4.78, 5) is 10.7. The minimum absolute atomic E-state index is 0.127. The number of rotatable bonds is 3. The number of imidazole rings is 1. The fourth-order valence-corrected chi connectivity index (χ4v) is 11.9. The van der Waals surface area contributed by atoms with Crippen LogP contribution in [-0.4, -0.2) is 14.5 Å². The van der Waals surface area contributed by atoms with Crippen molar-refractivity contribution in [1.29, 1.82) is 0 Å². The van der Waals surface area contributed by atoms with Crippen LogP contribution >= 0.6 is 0 Å². The molecule has 0 aliphatic heterocycles. The molecule has 0 atom stereocenters. The number of aryl methyl sites for hydroxylation is 1. The summed E-state index contributed by atoms with van der Waals surface area (Å²) in [7, 11) is 0. The highest BCUT2D eigenvalue weighted by molar-refractivity contribution is 6.15. The molecule has 0 amide bonds. The molecule has 0 radical (unpaired) electrons. The second kappa shape index (κ2) is 11.2. The maximum absolute atomic E-state index is 8.75. The summed E-state index contributed by atoms with van der Waals surface area (Å²) in [6.45, 7) is 17.0. The van der Waals surface area contributed by atoms with E-state index in [2.05, 4.69) is 139 Å². The molecule has 0 unspecified atom stereocenters. The van der Waals surface area contributed by atoms with Crippen LogP contribution in [0.25, 0.3) is 83.0 Å². The molecule has 4 nitrogen and oxygen atoms in total. The molecule has 3 heterocycles. The van der Waals surface area contributed by atoms with Gasteiger partial charge in [-0.3, -0.25) is 4.57 Å². The van der Waals surface area contributed by atoms with Gasteiger partial charge in [-0.1, -0.05) is 140 Å². The molecular weight excluding hydrogens is 695 g/mol. The number of pyridine rings is 1. The van der Waals surface area contributed by atoms with Crippen LogP contribution in [-0.2, 0) is 21.7 Å². The van der Waals surface area contributed by atoms with Crippen molar-refractivity contribution >= 4 is 54.8 Å². The largest absolute Gasteiger partial charge is 0.437 e. The second-order valence-corrected chi connectivity index (χ2v) is 19.4. The molecule has 57 heavy (non-hydrogen) atoms. The van der Waals surface area contributed by atoms with E-state index in [0.717, 1.165) is 56.9 Å². The first-order valence-electron chi connectivity index (χ1n) is 21.9. The molecule has 0 saturated carbocycles. The monoisotopic (exact) mass is 746 g/mol. The van der Waals surface area contributed by atoms with E-state index in [9.17, 15) is 0 Å². The fourth-order valence-electron chi connectivity index (χ4n) is 11.9. The lowest BCUT2D eigenvalue weighted by molar-refractivity contribution is 0.395. The number of hydrogen-bond donors (Lipinski definition) is 0. The molecule has 2 aliphatic rings. The number of hydrogen-bond acceptors (Lipinski definition) is 3. The Labute approximate surface area is 338 Å². The molecule has 11 rings (SSSR count). The number of fused-ring (bicyclic) bond motifs is 9. The quantitative estimate of drug-likeness (QED) is 0.169. The summed E-state index contributed by atoms with van der Waals surface area (Å²) in [6.07, 6.45) is 1.98. The van der Waals surface area contributed by atoms with Crippen LogP contribution in [0, 0.1) is 6.85 Å². The Hall–Kier alpha value is -5.74. The maximum Gasteiger partial charge on any atom is 0.227 e. The summed E-state index contributed by atoms with van der Waals surface area (Å²) in [5.74, 6) is 0.727. The van der Waals surface area contributed by atoms with Gasteiger partial charge in [-0.05, 0) is 110 Å². The van der Waals surface area contributed by atoms with Crippen LogP contribution in [0.3, 0.4) is 0 Å². The van der Waals surface area contributed by atoms with Crippen molar-refractivity contribution in [2.24, 2.45) is 0 Å². The van der Waals surface area contributed by atoms with Gasteiger partial charge in [0.1, 0.15) is 11.4 Å². The summed E-state index contributed by atoms with van der Waals surface area (Å²) in [6, 6.07) is 37.6. The van der Waals surface area contributed by atoms with E-state index in [4.69, 9.17) is 18.5 Å². The Balaban J connectivity index is 1.32. The number of nitrogens with zero attached hydrogens (tertiary/aromatic N) is 3. The number of benzene rings is 6. The summed E-state index contributed by atoms with van der Waals surface area (Å²) in [5.41, 5.74) is 13.3. The number of furan rings is 1. The van der Waals surface area contributed by atoms with Gasteiger partial charge in [-0.25, -0.2) is 9.97 Å². The van der Waals surface area contributed by atoms with Crippen molar-refractivity contribution in [3.05, 3.63) is 137 Å². The standard InChI is InChI=1S/C53H49N3O/c1-30-23-26-35(47-39(30)36-27-33-25-24-31-17-13-14-20-34(31)45(33)55-49(36)57-47)48-54-37-21-15-16-22-38(37)56(48)46-43-41(50(2,3)28-52(43,6)7)40(32-18-11-10-12-19-32)42-44(46)53(8,9)29-51(42,4)5/h10-27H,28-29H2,1-9H3/i1D3. The molecule has 0 N–H and O–H groups in total. The first kappa shape index (κ1) is 31.4. The first-order chi connectivity index (χ1) is 28.4. The average molecular weight is 747 g/mol. The van der Waals surface area contributed by atoms with Gasteiger partial charge in [-0.15, -0.1) is 0 Å². The molecule has 0 saturated heterocycles. The molecule has 282 valence electrons. The fraction of sp³-hybridized carbons (Fsp3) is 0.283. The van der Waals surface area contributed by atoms with Crippen LogP contribution in [0.15, 0.2) is 114 Å². The van der Waals surface area contributed by atoms with E-state index in [-0.39, 0.29) is 27.2 Å². The molecule has 6 aromatic carbocycles. The van der Waals surface area contributed by atoms with Crippen LogP contribution in [0.1, 0.15) is 100 Å².